The Morgan fingerprint density at radius 1 is 0.719 bits per heavy atom. The molecule has 0 bridgehead atoms. The Bertz CT molecular complexity index is 1390. The molecule has 0 aliphatic heterocycles. The van der Waals surface area contributed by atoms with Crippen molar-refractivity contribution in [3.63, 3.8) is 0 Å². The predicted octanol–water partition coefficient (Wildman–Crippen LogP) is 6.05. The number of carboxylic acids is 1. The lowest BCUT2D eigenvalue weighted by Crippen LogP contribution is -2.02. The summed E-state index contributed by atoms with van der Waals surface area (Å²) in [5.41, 5.74) is 5.29. The maximum Gasteiger partial charge on any atom is 0.307 e. The van der Waals surface area contributed by atoms with Crippen LogP contribution in [0.4, 0.5) is 0 Å². The molecule has 4 aromatic carbocycles. The maximum atomic E-state index is 11.2. The molecule has 4 nitrogen and oxygen atoms in total. The fraction of sp³-hybridized carbons (Fsp3) is 0.107. The van der Waals surface area contributed by atoms with E-state index in [1.807, 2.05) is 60.7 Å². The van der Waals surface area contributed by atoms with Crippen LogP contribution in [0.15, 0.2) is 97.1 Å². The van der Waals surface area contributed by atoms with E-state index in [-0.39, 0.29) is 6.42 Å². The molecule has 0 aliphatic carbocycles. The van der Waals surface area contributed by atoms with E-state index in [2.05, 4.69) is 41.0 Å². The van der Waals surface area contributed by atoms with Crippen molar-refractivity contribution in [2.75, 3.05) is 0 Å². The second-order valence-corrected chi connectivity index (χ2v) is 7.94. The van der Waals surface area contributed by atoms with Gasteiger partial charge in [0.2, 0.25) is 0 Å². The van der Waals surface area contributed by atoms with Crippen molar-refractivity contribution in [3.05, 3.63) is 114 Å². The van der Waals surface area contributed by atoms with Crippen molar-refractivity contribution in [3.8, 4) is 5.75 Å². The highest BCUT2D eigenvalue weighted by Crippen LogP contribution is 2.31. The number of ether oxygens (including phenoxy) is 1. The van der Waals surface area contributed by atoms with Gasteiger partial charge in [-0.3, -0.25) is 4.79 Å². The first-order valence-corrected chi connectivity index (χ1v) is 10.6. The molecule has 4 heteroatoms. The highest BCUT2D eigenvalue weighted by atomic mass is 16.5. The predicted molar refractivity (Wildman–Crippen MR) is 127 cm³/mol. The molecule has 5 aromatic rings. The lowest BCUT2D eigenvalue weighted by molar-refractivity contribution is -0.136. The molecule has 0 aliphatic rings. The normalized spacial score (nSPS) is 11.1. The van der Waals surface area contributed by atoms with Gasteiger partial charge in [-0.05, 0) is 41.0 Å². The molecule has 5 rings (SSSR count). The molecule has 0 spiro atoms. The largest absolute Gasteiger partial charge is 0.489 e. The number of rotatable bonds is 7. The number of para-hydroxylation sites is 1. The van der Waals surface area contributed by atoms with Crippen LogP contribution in [0.25, 0.3) is 21.8 Å². The third-order valence-electron chi connectivity index (χ3n) is 5.71. The minimum atomic E-state index is -0.821. The van der Waals surface area contributed by atoms with Crippen molar-refractivity contribution < 1.29 is 14.6 Å². The fourth-order valence-corrected chi connectivity index (χ4v) is 4.16. The first kappa shape index (κ1) is 19.9. The first-order chi connectivity index (χ1) is 15.7. The smallest absolute Gasteiger partial charge is 0.307 e. The van der Waals surface area contributed by atoms with Gasteiger partial charge in [0.1, 0.15) is 12.4 Å². The second kappa shape index (κ2) is 8.60. The Balaban J connectivity index is 1.44. The molecule has 0 radical (unpaired) electrons. The third-order valence-corrected chi connectivity index (χ3v) is 5.71. The van der Waals surface area contributed by atoms with Crippen molar-refractivity contribution >= 4 is 27.8 Å². The van der Waals surface area contributed by atoms with Gasteiger partial charge < -0.3 is 14.4 Å². The Hall–Kier alpha value is -4.05. The van der Waals surface area contributed by atoms with E-state index in [0.717, 1.165) is 38.9 Å². The molecule has 32 heavy (non-hydrogen) atoms. The summed E-state index contributed by atoms with van der Waals surface area (Å²) in [6.07, 6.45) is 0.0188. The summed E-state index contributed by atoms with van der Waals surface area (Å²) in [7, 11) is 0. The Kier molecular flexibility index (Phi) is 5.34. The van der Waals surface area contributed by atoms with Crippen molar-refractivity contribution in [2.45, 2.75) is 19.6 Å². The van der Waals surface area contributed by atoms with E-state index in [0.29, 0.717) is 13.2 Å². The van der Waals surface area contributed by atoms with E-state index in [1.54, 1.807) is 0 Å². The lowest BCUT2D eigenvalue weighted by Gasteiger charge is -2.10. The summed E-state index contributed by atoms with van der Waals surface area (Å²) < 4.78 is 8.17. The molecule has 0 atom stereocenters. The van der Waals surface area contributed by atoms with Crippen LogP contribution in [0.1, 0.15) is 16.7 Å². The molecular formula is C28H23NO3. The van der Waals surface area contributed by atoms with Crippen molar-refractivity contribution in [2.24, 2.45) is 0 Å². The quantitative estimate of drug-likeness (QED) is 0.348. The summed E-state index contributed by atoms with van der Waals surface area (Å²) in [4.78, 5) is 11.2. The van der Waals surface area contributed by atoms with Gasteiger partial charge in [-0.25, -0.2) is 0 Å². The van der Waals surface area contributed by atoms with E-state index in [9.17, 15) is 9.90 Å². The van der Waals surface area contributed by atoms with Gasteiger partial charge in [0.05, 0.1) is 6.42 Å². The van der Waals surface area contributed by atoms with Gasteiger partial charge in [0.25, 0.3) is 0 Å². The highest BCUT2D eigenvalue weighted by molar-refractivity contribution is 6.08. The summed E-state index contributed by atoms with van der Waals surface area (Å²) in [6.45, 7) is 1.24. The summed E-state index contributed by atoms with van der Waals surface area (Å²) >= 11 is 0. The molecule has 1 heterocycles. The minimum Gasteiger partial charge on any atom is -0.489 e. The summed E-state index contributed by atoms with van der Waals surface area (Å²) in [5, 5.41) is 11.5. The van der Waals surface area contributed by atoms with Crippen LogP contribution in [0.5, 0.6) is 5.75 Å². The van der Waals surface area contributed by atoms with Gasteiger partial charge in [0, 0.05) is 28.4 Å². The van der Waals surface area contributed by atoms with Crippen molar-refractivity contribution in [1.29, 1.82) is 0 Å². The van der Waals surface area contributed by atoms with E-state index < -0.39 is 5.97 Å². The van der Waals surface area contributed by atoms with Gasteiger partial charge in [-0.15, -0.1) is 0 Å². The molecule has 0 amide bonds. The number of aliphatic carboxylic acids is 1. The third kappa shape index (κ3) is 4.08. The van der Waals surface area contributed by atoms with Crippen LogP contribution >= 0.6 is 0 Å². The van der Waals surface area contributed by atoms with Gasteiger partial charge in [0.15, 0.2) is 0 Å². The molecule has 0 saturated heterocycles. The zero-order chi connectivity index (χ0) is 21.9. The van der Waals surface area contributed by atoms with Crippen LogP contribution in [0.3, 0.4) is 0 Å². The molecule has 0 unspecified atom stereocenters. The van der Waals surface area contributed by atoms with E-state index in [1.165, 1.54) is 5.39 Å². The standard InChI is InChI=1S/C28H23NO3/c30-28(31)17-22-12-15-25-24-8-4-5-9-26(24)29(27(25)16-22)18-20-10-13-23(14-11-20)32-19-21-6-2-1-3-7-21/h1-16H,17-19H2,(H,30,31). The number of aromatic nitrogens is 1. The van der Waals surface area contributed by atoms with E-state index >= 15 is 0 Å². The Labute approximate surface area is 186 Å². The molecule has 158 valence electrons. The lowest BCUT2D eigenvalue weighted by atomic mass is 10.1. The number of fused-ring (bicyclic) bond motifs is 3. The van der Waals surface area contributed by atoms with Crippen LogP contribution in [0, 0.1) is 0 Å². The van der Waals surface area contributed by atoms with Gasteiger partial charge in [-0.2, -0.15) is 0 Å². The average Bonchev–Trinajstić information content (AvgIpc) is 3.12. The number of nitrogens with zero attached hydrogens (tertiary/aromatic N) is 1. The number of benzene rings is 4. The van der Waals surface area contributed by atoms with E-state index in [4.69, 9.17) is 4.74 Å². The molecule has 1 aromatic heterocycles. The summed E-state index contributed by atoms with van der Waals surface area (Å²) in [5.74, 6) is 0.0154. The van der Waals surface area contributed by atoms with Crippen LogP contribution in [0.2, 0.25) is 0 Å². The minimum absolute atomic E-state index is 0.0188. The zero-order valence-corrected chi connectivity index (χ0v) is 17.6. The number of hydrogen-bond acceptors (Lipinski definition) is 2. The monoisotopic (exact) mass is 421 g/mol. The topological polar surface area (TPSA) is 51.5 Å². The highest BCUT2D eigenvalue weighted by Gasteiger charge is 2.12. The van der Waals surface area contributed by atoms with Gasteiger partial charge in [-0.1, -0.05) is 72.8 Å². The van der Waals surface area contributed by atoms with Crippen LogP contribution in [-0.2, 0) is 24.4 Å². The molecule has 0 saturated carbocycles. The molecular weight excluding hydrogens is 398 g/mol. The zero-order valence-electron chi connectivity index (χ0n) is 17.6. The van der Waals surface area contributed by atoms with Crippen LogP contribution < -0.4 is 4.74 Å². The van der Waals surface area contributed by atoms with Gasteiger partial charge >= 0.3 is 5.97 Å². The Morgan fingerprint density at radius 3 is 2.19 bits per heavy atom. The maximum absolute atomic E-state index is 11.2. The average molecular weight is 421 g/mol. The number of hydrogen-bond donors (Lipinski definition) is 1. The molecule has 1 N–H and O–H groups in total. The SMILES string of the molecule is O=C(O)Cc1ccc2c3ccccc3n(Cc3ccc(OCc4ccccc4)cc3)c2c1. The second-order valence-electron chi connectivity index (χ2n) is 7.94. The Morgan fingerprint density at radius 2 is 1.41 bits per heavy atom. The molecule has 0 fully saturated rings. The first-order valence-electron chi connectivity index (χ1n) is 10.6. The number of carbonyl (C=O) groups is 1. The number of carboxylic acid groups (broad SMARTS) is 1. The van der Waals surface area contributed by atoms with Crippen LogP contribution in [-0.4, -0.2) is 15.6 Å². The summed E-state index contributed by atoms with van der Waals surface area (Å²) in [6, 6.07) is 32.5. The fourth-order valence-electron chi connectivity index (χ4n) is 4.16. The van der Waals surface area contributed by atoms with Crippen molar-refractivity contribution in [1.82, 2.24) is 4.57 Å².